The first-order valence-corrected chi connectivity index (χ1v) is 7.27. The Morgan fingerprint density at radius 3 is 2.62 bits per heavy atom. The maximum Gasteiger partial charge on any atom is 0.420 e. The minimum Gasteiger partial charge on any atom is -0.408 e. The molecule has 112 valence electrons. The summed E-state index contributed by atoms with van der Waals surface area (Å²) in [6.07, 6.45) is 2.02. The summed E-state index contributed by atoms with van der Waals surface area (Å²) >= 11 is 6.04. The summed E-state index contributed by atoms with van der Waals surface area (Å²) < 4.78 is 11.2. The molecule has 0 spiro atoms. The highest BCUT2D eigenvalue weighted by Gasteiger charge is 2.52. The molecule has 0 atom stereocenters. The normalized spacial score (nSPS) is 28.2. The van der Waals surface area contributed by atoms with E-state index in [1.807, 2.05) is 19.2 Å². The topological polar surface area (TPSA) is 60.2 Å². The van der Waals surface area contributed by atoms with E-state index in [-0.39, 0.29) is 17.0 Å². The molecule has 1 aromatic heterocycles. The van der Waals surface area contributed by atoms with Crippen LogP contribution in [0.3, 0.4) is 0 Å². The van der Waals surface area contributed by atoms with Gasteiger partial charge in [0.05, 0.1) is 5.02 Å². The molecule has 0 aliphatic heterocycles. The van der Waals surface area contributed by atoms with E-state index >= 15 is 0 Å². The Hall–Kier alpha value is -1.59. The van der Waals surface area contributed by atoms with Crippen LogP contribution in [0.15, 0.2) is 28.7 Å². The zero-order chi connectivity index (χ0) is 15.1. The fourth-order valence-corrected chi connectivity index (χ4v) is 3.29. The lowest BCUT2D eigenvalue weighted by Crippen LogP contribution is -2.58. The second-order valence-electron chi connectivity index (χ2n) is 6.13. The van der Waals surface area contributed by atoms with Crippen LogP contribution in [0.5, 0.6) is 11.8 Å². The molecule has 0 unspecified atom stereocenters. The Bertz CT molecular complexity index is 650. The van der Waals surface area contributed by atoms with Crippen molar-refractivity contribution >= 4 is 11.6 Å². The van der Waals surface area contributed by atoms with Crippen molar-refractivity contribution < 1.29 is 9.15 Å². The van der Waals surface area contributed by atoms with Gasteiger partial charge in [-0.05, 0) is 38.9 Å². The number of halogens is 1. The van der Waals surface area contributed by atoms with Gasteiger partial charge < -0.3 is 14.5 Å². The first kappa shape index (κ1) is 14.4. The van der Waals surface area contributed by atoms with Crippen molar-refractivity contribution in [3.05, 3.63) is 35.2 Å². The second kappa shape index (κ2) is 5.00. The highest BCUT2D eigenvalue weighted by atomic mass is 35.5. The molecule has 0 bridgehead atoms. The molecule has 6 heteroatoms. The Kier molecular flexibility index (Phi) is 3.42. The zero-order valence-electron chi connectivity index (χ0n) is 12.3. The average molecular weight is 308 g/mol. The molecule has 21 heavy (non-hydrogen) atoms. The summed E-state index contributed by atoms with van der Waals surface area (Å²) in [7, 11) is 1.97. The van der Waals surface area contributed by atoms with Gasteiger partial charge in [0.15, 0.2) is 5.75 Å². The number of aromatic nitrogens is 2. The SMILES string of the molecule is CNC1(C)CC(C)(c2nnc(Oc3ccccc3Cl)o2)C1. The number of rotatable bonds is 4. The zero-order valence-corrected chi connectivity index (χ0v) is 13.1. The molecular weight excluding hydrogens is 290 g/mol. The predicted octanol–water partition coefficient (Wildman–Crippen LogP) is 3.54. The molecule has 0 radical (unpaired) electrons. The van der Waals surface area contributed by atoms with Gasteiger partial charge in [-0.1, -0.05) is 35.8 Å². The first-order valence-electron chi connectivity index (χ1n) is 6.89. The molecule has 0 amide bonds. The van der Waals surface area contributed by atoms with Gasteiger partial charge in [-0.15, -0.1) is 5.10 Å². The molecule has 5 nitrogen and oxygen atoms in total. The number of nitrogens with zero attached hydrogens (tertiary/aromatic N) is 2. The van der Waals surface area contributed by atoms with Crippen LogP contribution in [0.2, 0.25) is 5.02 Å². The summed E-state index contributed by atoms with van der Waals surface area (Å²) in [4.78, 5) is 0. The Morgan fingerprint density at radius 2 is 1.95 bits per heavy atom. The fraction of sp³-hybridized carbons (Fsp3) is 0.467. The van der Waals surface area contributed by atoms with Crippen LogP contribution in [0.25, 0.3) is 0 Å². The largest absolute Gasteiger partial charge is 0.420 e. The number of ether oxygens (including phenoxy) is 1. The van der Waals surface area contributed by atoms with Crippen LogP contribution >= 0.6 is 11.6 Å². The van der Waals surface area contributed by atoms with Gasteiger partial charge in [-0.3, -0.25) is 0 Å². The van der Waals surface area contributed by atoms with Crippen LogP contribution in [-0.4, -0.2) is 22.8 Å². The number of hydrogen-bond donors (Lipinski definition) is 1. The Labute approximate surface area is 128 Å². The third-order valence-electron chi connectivity index (χ3n) is 4.12. The monoisotopic (exact) mass is 307 g/mol. The van der Waals surface area contributed by atoms with Gasteiger partial charge in [0.25, 0.3) is 0 Å². The van der Waals surface area contributed by atoms with Crippen molar-refractivity contribution in [2.75, 3.05) is 7.05 Å². The third kappa shape index (κ3) is 2.63. The van der Waals surface area contributed by atoms with Crippen molar-refractivity contribution in [2.45, 2.75) is 37.6 Å². The minimum absolute atomic E-state index is 0.104. The summed E-state index contributed by atoms with van der Waals surface area (Å²) in [5.41, 5.74) is 0.0276. The second-order valence-corrected chi connectivity index (χ2v) is 6.54. The minimum atomic E-state index is -0.104. The summed E-state index contributed by atoms with van der Waals surface area (Å²) in [5, 5.41) is 11.9. The summed E-state index contributed by atoms with van der Waals surface area (Å²) in [6.45, 7) is 4.31. The lowest BCUT2D eigenvalue weighted by molar-refractivity contribution is 0.0784. The first-order chi connectivity index (χ1) is 9.94. The summed E-state index contributed by atoms with van der Waals surface area (Å²) in [5.74, 6) is 1.12. The van der Waals surface area contributed by atoms with E-state index in [0.717, 1.165) is 12.8 Å². The number of nitrogens with one attached hydrogen (secondary N) is 1. The van der Waals surface area contributed by atoms with Gasteiger partial charge in [0.2, 0.25) is 5.89 Å². The van der Waals surface area contributed by atoms with Crippen LogP contribution in [0, 0.1) is 0 Å². The molecule has 2 aromatic rings. The highest BCUT2D eigenvalue weighted by molar-refractivity contribution is 6.32. The van der Waals surface area contributed by atoms with Crippen LogP contribution in [0.1, 0.15) is 32.6 Å². The smallest absolute Gasteiger partial charge is 0.408 e. The molecule has 1 fully saturated rings. The van der Waals surface area contributed by atoms with E-state index in [0.29, 0.717) is 16.7 Å². The Balaban J connectivity index is 1.75. The Morgan fingerprint density at radius 1 is 1.24 bits per heavy atom. The van der Waals surface area contributed by atoms with Crippen molar-refractivity contribution in [3.63, 3.8) is 0 Å². The number of benzene rings is 1. The molecule has 0 saturated heterocycles. The fourth-order valence-electron chi connectivity index (χ4n) is 3.11. The third-order valence-corrected chi connectivity index (χ3v) is 4.43. The maximum atomic E-state index is 6.04. The van der Waals surface area contributed by atoms with Gasteiger partial charge in [-0.2, -0.15) is 0 Å². The van der Waals surface area contributed by atoms with Crippen molar-refractivity contribution in [3.8, 4) is 11.8 Å². The van der Waals surface area contributed by atoms with E-state index < -0.39 is 0 Å². The van der Waals surface area contributed by atoms with Crippen molar-refractivity contribution in [1.29, 1.82) is 0 Å². The van der Waals surface area contributed by atoms with E-state index in [1.165, 1.54) is 0 Å². The highest BCUT2D eigenvalue weighted by Crippen LogP contribution is 2.49. The number of hydrogen-bond acceptors (Lipinski definition) is 5. The molecular formula is C15H18ClN3O2. The molecule has 1 aliphatic carbocycles. The van der Waals surface area contributed by atoms with Crippen LogP contribution in [-0.2, 0) is 5.41 Å². The van der Waals surface area contributed by atoms with E-state index in [4.69, 9.17) is 20.8 Å². The lowest BCUT2D eigenvalue weighted by atomic mass is 9.59. The standard InChI is InChI=1S/C15H18ClN3O2/c1-14(8-15(2,9-14)17-3)12-18-19-13(21-12)20-11-7-5-4-6-10(11)16/h4-7,17H,8-9H2,1-3H3. The lowest BCUT2D eigenvalue weighted by Gasteiger charge is -2.50. The van der Waals surface area contributed by atoms with E-state index in [9.17, 15) is 0 Å². The molecule has 1 heterocycles. The molecule has 1 saturated carbocycles. The molecule has 1 aliphatic rings. The van der Waals surface area contributed by atoms with Gasteiger partial charge in [0, 0.05) is 11.0 Å². The average Bonchev–Trinajstić information content (AvgIpc) is 2.89. The molecule has 1 N–H and O–H groups in total. The maximum absolute atomic E-state index is 6.04. The molecule has 3 rings (SSSR count). The van der Waals surface area contributed by atoms with E-state index in [2.05, 4.69) is 29.4 Å². The van der Waals surface area contributed by atoms with E-state index in [1.54, 1.807) is 12.1 Å². The van der Waals surface area contributed by atoms with Gasteiger partial charge in [0.1, 0.15) is 0 Å². The van der Waals surface area contributed by atoms with Crippen molar-refractivity contribution in [2.24, 2.45) is 0 Å². The van der Waals surface area contributed by atoms with Crippen LogP contribution < -0.4 is 10.1 Å². The van der Waals surface area contributed by atoms with Gasteiger partial charge >= 0.3 is 6.08 Å². The van der Waals surface area contributed by atoms with Crippen molar-refractivity contribution in [1.82, 2.24) is 15.5 Å². The quantitative estimate of drug-likeness (QED) is 0.936. The number of para-hydroxylation sites is 1. The molecule has 1 aromatic carbocycles. The summed E-state index contributed by atoms with van der Waals surface area (Å²) in [6, 6.07) is 7.18. The van der Waals surface area contributed by atoms with Gasteiger partial charge in [-0.25, -0.2) is 0 Å². The predicted molar refractivity (Wildman–Crippen MR) is 79.9 cm³/mol. The van der Waals surface area contributed by atoms with Crippen LogP contribution in [0.4, 0.5) is 0 Å².